The van der Waals surface area contributed by atoms with Crippen LogP contribution in [0, 0.1) is 6.92 Å². The van der Waals surface area contributed by atoms with E-state index in [0.29, 0.717) is 10.7 Å². The Morgan fingerprint density at radius 3 is 2.56 bits per heavy atom. The van der Waals surface area contributed by atoms with Gasteiger partial charge in [0, 0.05) is 0 Å². The summed E-state index contributed by atoms with van der Waals surface area (Å²) in [5.74, 6) is -0.970. The van der Waals surface area contributed by atoms with Crippen molar-refractivity contribution in [3.8, 4) is 0 Å². The van der Waals surface area contributed by atoms with Crippen LogP contribution in [0.4, 0.5) is 11.4 Å². The third kappa shape index (κ3) is 2.46. The average Bonchev–Trinajstić information content (AvgIpc) is 2.34. The van der Waals surface area contributed by atoms with Crippen molar-refractivity contribution < 1.29 is 9.90 Å². The molecule has 0 aromatic heterocycles. The van der Waals surface area contributed by atoms with Crippen molar-refractivity contribution in [1.29, 1.82) is 0 Å². The molecule has 0 aliphatic rings. The molecule has 18 heavy (non-hydrogen) atoms. The molecule has 3 nitrogen and oxygen atoms in total. The molecule has 0 saturated heterocycles. The summed E-state index contributed by atoms with van der Waals surface area (Å²) in [4.78, 5) is 11.1. The number of rotatable bonds is 3. The largest absolute Gasteiger partial charge is 0.478 e. The van der Waals surface area contributed by atoms with Gasteiger partial charge in [-0.25, -0.2) is 4.79 Å². The first-order valence-corrected chi connectivity index (χ1v) is 5.82. The first-order valence-electron chi connectivity index (χ1n) is 5.44. The van der Waals surface area contributed by atoms with E-state index in [4.69, 9.17) is 16.7 Å². The van der Waals surface area contributed by atoms with E-state index in [9.17, 15) is 4.79 Å². The Kier molecular flexibility index (Phi) is 3.53. The lowest BCUT2D eigenvalue weighted by molar-refractivity contribution is 0.0698. The van der Waals surface area contributed by atoms with Crippen LogP contribution in [-0.4, -0.2) is 11.1 Å². The molecule has 2 N–H and O–H groups in total. The van der Waals surface area contributed by atoms with E-state index in [-0.39, 0.29) is 5.56 Å². The smallest absolute Gasteiger partial charge is 0.337 e. The molecule has 2 aromatic carbocycles. The molecule has 0 heterocycles. The number of anilines is 2. The molecule has 0 bridgehead atoms. The number of hydrogen-bond donors (Lipinski definition) is 2. The van der Waals surface area contributed by atoms with Crippen LogP contribution in [0.3, 0.4) is 0 Å². The molecule has 2 rings (SSSR count). The Morgan fingerprint density at radius 2 is 1.89 bits per heavy atom. The first kappa shape index (κ1) is 12.5. The lowest BCUT2D eigenvalue weighted by Gasteiger charge is -2.13. The highest BCUT2D eigenvalue weighted by Crippen LogP contribution is 2.30. The monoisotopic (exact) mass is 261 g/mol. The average molecular weight is 262 g/mol. The fraction of sp³-hybridized carbons (Fsp3) is 0.0714. The van der Waals surface area contributed by atoms with Crippen LogP contribution in [0.25, 0.3) is 0 Å². The van der Waals surface area contributed by atoms with Gasteiger partial charge in [0.15, 0.2) is 0 Å². The summed E-state index contributed by atoms with van der Waals surface area (Å²) in [6.45, 7) is 1.91. The van der Waals surface area contributed by atoms with Gasteiger partial charge in [-0.1, -0.05) is 35.9 Å². The quantitative estimate of drug-likeness (QED) is 0.875. The van der Waals surface area contributed by atoms with Crippen LogP contribution in [0.15, 0.2) is 42.5 Å². The number of aryl methyl sites for hydroxylation is 1. The molecule has 0 aliphatic carbocycles. The molecule has 0 spiro atoms. The summed E-state index contributed by atoms with van der Waals surface area (Å²) in [5.41, 5.74) is 2.44. The number of carboxylic acids is 1. The summed E-state index contributed by atoms with van der Waals surface area (Å²) in [6, 6.07) is 12.3. The Balaban J connectivity index is 2.43. The maximum absolute atomic E-state index is 11.1. The van der Waals surface area contributed by atoms with Gasteiger partial charge in [-0.2, -0.15) is 0 Å². The van der Waals surface area contributed by atoms with Gasteiger partial charge < -0.3 is 10.4 Å². The summed E-state index contributed by atoms with van der Waals surface area (Å²) < 4.78 is 0. The normalized spacial score (nSPS) is 10.1. The predicted molar refractivity (Wildman–Crippen MR) is 72.9 cm³/mol. The highest BCUT2D eigenvalue weighted by Gasteiger charge is 2.11. The third-order valence-electron chi connectivity index (χ3n) is 2.64. The number of benzene rings is 2. The van der Waals surface area contributed by atoms with E-state index in [2.05, 4.69) is 5.32 Å². The van der Waals surface area contributed by atoms with E-state index in [1.807, 2.05) is 19.1 Å². The number of halogens is 1. The predicted octanol–water partition coefficient (Wildman–Crippen LogP) is 4.09. The summed E-state index contributed by atoms with van der Waals surface area (Å²) in [5, 5.41) is 12.8. The number of aromatic carboxylic acids is 1. The molecule has 0 aliphatic heterocycles. The number of hydrogen-bond acceptors (Lipinski definition) is 2. The Morgan fingerprint density at radius 1 is 1.17 bits per heavy atom. The standard InChI is InChI=1S/C14H12ClNO2/c1-9-5-4-7-11(15)13(9)16-12-8-3-2-6-10(12)14(17)18/h2-8,16H,1H3,(H,17,18). The van der Waals surface area contributed by atoms with E-state index < -0.39 is 5.97 Å². The zero-order valence-electron chi connectivity index (χ0n) is 9.77. The third-order valence-corrected chi connectivity index (χ3v) is 2.95. The van der Waals surface area contributed by atoms with Crippen molar-refractivity contribution in [3.05, 3.63) is 58.6 Å². The number of nitrogens with one attached hydrogen (secondary N) is 1. The Hall–Kier alpha value is -2.00. The van der Waals surface area contributed by atoms with Crippen molar-refractivity contribution >= 4 is 28.9 Å². The van der Waals surface area contributed by atoms with Crippen LogP contribution < -0.4 is 5.32 Å². The van der Waals surface area contributed by atoms with E-state index in [1.165, 1.54) is 0 Å². The highest BCUT2D eigenvalue weighted by atomic mass is 35.5. The minimum absolute atomic E-state index is 0.219. The summed E-state index contributed by atoms with van der Waals surface area (Å²) >= 11 is 6.10. The van der Waals surface area contributed by atoms with Crippen molar-refractivity contribution in [2.45, 2.75) is 6.92 Å². The molecule has 0 fully saturated rings. The number of carbonyl (C=O) groups is 1. The van der Waals surface area contributed by atoms with Gasteiger partial charge in [-0.3, -0.25) is 0 Å². The van der Waals surface area contributed by atoms with Crippen LogP contribution in [0.2, 0.25) is 5.02 Å². The van der Waals surface area contributed by atoms with Gasteiger partial charge in [0.1, 0.15) is 0 Å². The Bertz CT molecular complexity index is 576. The maximum Gasteiger partial charge on any atom is 0.337 e. The molecule has 0 atom stereocenters. The van der Waals surface area contributed by atoms with E-state index >= 15 is 0 Å². The minimum atomic E-state index is -0.970. The van der Waals surface area contributed by atoms with Crippen LogP contribution >= 0.6 is 11.6 Å². The summed E-state index contributed by atoms with van der Waals surface area (Å²) in [7, 11) is 0. The second-order valence-electron chi connectivity index (χ2n) is 3.91. The molecule has 0 amide bonds. The molecule has 0 saturated carbocycles. The van der Waals surface area contributed by atoms with Crippen LogP contribution in [0.1, 0.15) is 15.9 Å². The van der Waals surface area contributed by atoms with Crippen LogP contribution in [-0.2, 0) is 0 Å². The Labute approximate surface area is 110 Å². The molecule has 4 heteroatoms. The number of para-hydroxylation sites is 2. The van der Waals surface area contributed by atoms with Crippen molar-refractivity contribution in [1.82, 2.24) is 0 Å². The van der Waals surface area contributed by atoms with Gasteiger partial charge in [-0.05, 0) is 30.7 Å². The zero-order valence-corrected chi connectivity index (χ0v) is 10.5. The second kappa shape index (κ2) is 5.10. The van der Waals surface area contributed by atoms with Crippen molar-refractivity contribution in [2.75, 3.05) is 5.32 Å². The molecular weight excluding hydrogens is 250 g/mol. The maximum atomic E-state index is 11.1. The summed E-state index contributed by atoms with van der Waals surface area (Å²) in [6.07, 6.45) is 0. The molecule has 0 radical (unpaired) electrons. The fourth-order valence-electron chi connectivity index (χ4n) is 1.70. The van der Waals surface area contributed by atoms with Gasteiger partial charge in [0.2, 0.25) is 0 Å². The van der Waals surface area contributed by atoms with Gasteiger partial charge in [-0.15, -0.1) is 0 Å². The van der Waals surface area contributed by atoms with Crippen LogP contribution in [0.5, 0.6) is 0 Å². The second-order valence-corrected chi connectivity index (χ2v) is 4.31. The van der Waals surface area contributed by atoms with Crippen molar-refractivity contribution in [2.24, 2.45) is 0 Å². The van der Waals surface area contributed by atoms with E-state index in [0.717, 1.165) is 11.3 Å². The fourth-order valence-corrected chi connectivity index (χ4v) is 1.97. The van der Waals surface area contributed by atoms with E-state index in [1.54, 1.807) is 30.3 Å². The SMILES string of the molecule is Cc1cccc(Cl)c1Nc1ccccc1C(=O)O. The topological polar surface area (TPSA) is 49.3 Å². The first-order chi connectivity index (χ1) is 8.59. The zero-order chi connectivity index (χ0) is 13.1. The molecule has 0 unspecified atom stereocenters. The van der Waals surface area contributed by atoms with Gasteiger partial charge in [0.25, 0.3) is 0 Å². The van der Waals surface area contributed by atoms with Gasteiger partial charge in [0.05, 0.1) is 22.0 Å². The highest BCUT2D eigenvalue weighted by molar-refractivity contribution is 6.33. The molecular formula is C14H12ClNO2. The lowest BCUT2D eigenvalue weighted by Crippen LogP contribution is -2.03. The molecule has 2 aromatic rings. The van der Waals surface area contributed by atoms with Crippen molar-refractivity contribution in [3.63, 3.8) is 0 Å². The van der Waals surface area contributed by atoms with Gasteiger partial charge >= 0.3 is 5.97 Å². The number of carboxylic acid groups (broad SMARTS) is 1. The minimum Gasteiger partial charge on any atom is -0.478 e. The lowest BCUT2D eigenvalue weighted by atomic mass is 10.1. The molecule has 92 valence electrons.